The van der Waals surface area contributed by atoms with Crippen LogP contribution in [-0.4, -0.2) is 33.6 Å². The molecule has 0 atom stereocenters. The van der Waals surface area contributed by atoms with Gasteiger partial charge in [-0.3, -0.25) is 0 Å². The molecule has 0 aliphatic heterocycles. The molecule has 0 N–H and O–H groups in total. The molecule has 0 unspecified atom stereocenters. The Morgan fingerprint density at radius 1 is 0.288 bits per heavy atom. The molecule has 4 aromatic rings. The summed E-state index contributed by atoms with van der Waals surface area (Å²) in [4.78, 5) is 0. The Morgan fingerprint density at radius 2 is 0.404 bits per heavy atom. The summed E-state index contributed by atoms with van der Waals surface area (Å²) in [6.07, 6.45) is -7.22. The van der Waals surface area contributed by atoms with E-state index in [-0.39, 0.29) is 31.0 Å². The first-order valence-corrected chi connectivity index (χ1v) is 12.8. The molecule has 280 valence electrons. The molecule has 0 aliphatic rings. The molecule has 24 heteroatoms. The van der Waals surface area contributed by atoms with Gasteiger partial charge in [-0.2, -0.15) is 0 Å². The second-order valence-electron chi connectivity index (χ2n) is 9.79. The zero-order valence-electron chi connectivity index (χ0n) is 26.4. The maximum atomic E-state index is 15.4. The molecule has 2 nitrogen and oxygen atoms in total. The molecule has 0 radical (unpaired) electrons. The van der Waals surface area contributed by atoms with Crippen LogP contribution in [0.3, 0.4) is 0 Å². The van der Waals surface area contributed by atoms with Gasteiger partial charge in [-0.25, -0.2) is 87.8 Å². The molecule has 52 heavy (non-hydrogen) atoms. The first-order valence-electron chi connectivity index (χ1n) is 12.8. The maximum absolute atomic E-state index is 15.4. The monoisotopic (exact) mass is 793 g/mol. The minimum absolute atomic E-state index is 0. The van der Waals surface area contributed by atoms with E-state index in [1.54, 1.807) is 14.2 Å². The van der Waals surface area contributed by atoms with E-state index < -0.39 is 144 Å². The van der Waals surface area contributed by atoms with Crippen molar-refractivity contribution >= 4 is 28.0 Å². The fourth-order valence-electron chi connectivity index (χ4n) is 5.04. The minimum Gasteiger partial charge on any atom is -1.00 e. The first-order chi connectivity index (χ1) is 23.6. The Balaban J connectivity index is 0.00000162. The Kier molecular flexibility index (Phi) is 14.3. The van der Waals surface area contributed by atoms with Crippen LogP contribution in [0.2, 0.25) is 0 Å². The zero-order valence-corrected chi connectivity index (χ0v) is 27.4. The number of methoxy groups -OCH3 is 2. The number of benzene rings is 4. The quantitative estimate of drug-likeness (QED) is 0.0943. The number of halogens is 20. The molecule has 0 bridgehead atoms. The summed E-state index contributed by atoms with van der Waals surface area (Å²) in [6.45, 7) is 1.38. The van der Waals surface area contributed by atoms with Gasteiger partial charge in [-0.05, 0) is 0 Å². The van der Waals surface area contributed by atoms with Crippen molar-refractivity contribution < 1.29 is 128 Å². The number of hydrogen-bond acceptors (Lipinski definition) is 2. The molecular formula is C28H11BF20NaO2-. The number of ether oxygens (including phenoxy) is 2. The van der Waals surface area contributed by atoms with Gasteiger partial charge in [0.15, 0.2) is 69.8 Å². The standard InChI is InChI=1S/C24BF20.C4H10O2.Na.H/c26-5-1(6(27)14(35)21(42)13(5)34)25(2-7(28)15(36)22(43)16(37)8(2)29,3-9(30)17(38)23(44)18(39)10(3)31)4-11(32)19(40)24(45)20(41)12(4)33;1-5-3-4-6-2;;/h;3-4H2,1-2H3;;/q-1;;+1;-1. The van der Waals surface area contributed by atoms with Crippen molar-refractivity contribution in [3.05, 3.63) is 116 Å². The second kappa shape index (κ2) is 16.6. The van der Waals surface area contributed by atoms with Gasteiger partial charge >= 0.3 is 29.6 Å². The Hall–Kier alpha value is -3.54. The zero-order chi connectivity index (χ0) is 39.2. The van der Waals surface area contributed by atoms with E-state index in [1.807, 2.05) is 0 Å². The van der Waals surface area contributed by atoms with Crippen LogP contribution >= 0.6 is 0 Å². The molecule has 0 spiro atoms. The van der Waals surface area contributed by atoms with Crippen molar-refractivity contribution in [1.82, 2.24) is 0 Å². The topological polar surface area (TPSA) is 18.5 Å². The van der Waals surface area contributed by atoms with Gasteiger partial charge in [0.2, 0.25) is 0 Å². The van der Waals surface area contributed by atoms with Crippen LogP contribution in [0.1, 0.15) is 1.43 Å². The summed E-state index contributed by atoms with van der Waals surface area (Å²) in [5.41, 5.74) is -14.3. The third-order valence-electron chi connectivity index (χ3n) is 7.20. The fraction of sp³-hybridized carbons (Fsp3) is 0.143. The molecule has 0 saturated carbocycles. The van der Waals surface area contributed by atoms with Crippen molar-refractivity contribution in [2.45, 2.75) is 0 Å². The summed E-state index contributed by atoms with van der Waals surface area (Å²) in [5, 5.41) is 0. The van der Waals surface area contributed by atoms with Crippen molar-refractivity contribution in [2.24, 2.45) is 0 Å². The Labute approximate surface area is 299 Å². The molecule has 4 aromatic carbocycles. The normalized spacial score (nSPS) is 11.4. The van der Waals surface area contributed by atoms with Gasteiger partial charge in [0.1, 0.15) is 52.7 Å². The van der Waals surface area contributed by atoms with Crippen molar-refractivity contribution in [3.8, 4) is 0 Å². The second-order valence-corrected chi connectivity index (χ2v) is 9.79. The summed E-state index contributed by atoms with van der Waals surface area (Å²) in [6, 6.07) is 0. The van der Waals surface area contributed by atoms with E-state index in [2.05, 4.69) is 9.47 Å². The summed E-state index contributed by atoms with van der Waals surface area (Å²) < 4.78 is 303. The van der Waals surface area contributed by atoms with Gasteiger partial charge in [0.25, 0.3) is 0 Å². The molecule has 0 heterocycles. The van der Waals surface area contributed by atoms with Crippen LogP contribution in [0, 0.1) is 116 Å². The largest absolute Gasteiger partial charge is 1.00 e. The predicted molar refractivity (Wildman–Crippen MR) is 134 cm³/mol. The summed E-state index contributed by atoms with van der Waals surface area (Å²) in [5.74, 6) is -71.4. The van der Waals surface area contributed by atoms with E-state index in [4.69, 9.17) is 0 Å². The van der Waals surface area contributed by atoms with Crippen LogP contribution in [0.25, 0.3) is 0 Å². The van der Waals surface area contributed by atoms with Gasteiger partial charge in [-0.15, -0.1) is 21.9 Å². The molecular weight excluding hydrogens is 782 g/mol. The molecule has 0 aromatic heterocycles. The van der Waals surface area contributed by atoms with Crippen LogP contribution in [-0.2, 0) is 9.47 Å². The van der Waals surface area contributed by atoms with E-state index in [0.717, 1.165) is 0 Å². The van der Waals surface area contributed by atoms with Gasteiger partial charge in [0, 0.05) is 14.2 Å². The number of rotatable bonds is 7. The van der Waals surface area contributed by atoms with Crippen LogP contribution < -0.4 is 51.4 Å². The van der Waals surface area contributed by atoms with Gasteiger partial charge < -0.3 is 10.9 Å². The van der Waals surface area contributed by atoms with E-state index in [1.165, 1.54) is 0 Å². The minimum atomic E-state index is -7.22. The van der Waals surface area contributed by atoms with Crippen LogP contribution in [0.5, 0.6) is 0 Å². The Morgan fingerprint density at radius 3 is 0.519 bits per heavy atom. The maximum Gasteiger partial charge on any atom is 1.00 e. The van der Waals surface area contributed by atoms with Crippen LogP contribution in [0.4, 0.5) is 87.8 Å². The third-order valence-corrected chi connectivity index (χ3v) is 7.20. The smallest absolute Gasteiger partial charge is 1.00 e. The number of hydrogen-bond donors (Lipinski definition) is 0. The van der Waals surface area contributed by atoms with E-state index in [0.29, 0.717) is 13.2 Å². The first kappa shape index (κ1) is 44.6. The van der Waals surface area contributed by atoms with Gasteiger partial charge in [-0.1, -0.05) is 0 Å². The third kappa shape index (κ3) is 6.73. The van der Waals surface area contributed by atoms with Crippen molar-refractivity contribution in [2.75, 3.05) is 27.4 Å². The fourth-order valence-corrected chi connectivity index (χ4v) is 5.04. The average Bonchev–Trinajstić information content (AvgIpc) is 3.10. The van der Waals surface area contributed by atoms with Crippen LogP contribution in [0.15, 0.2) is 0 Å². The average molecular weight is 793 g/mol. The van der Waals surface area contributed by atoms with Gasteiger partial charge in [0.05, 0.1) is 13.2 Å². The predicted octanol–water partition coefficient (Wildman–Crippen LogP) is 3.24. The molecule has 0 saturated heterocycles. The Bertz CT molecular complexity index is 1660. The molecule has 0 fully saturated rings. The molecule has 0 aliphatic carbocycles. The van der Waals surface area contributed by atoms with E-state index >= 15 is 35.1 Å². The summed E-state index contributed by atoms with van der Waals surface area (Å²) >= 11 is 0. The summed E-state index contributed by atoms with van der Waals surface area (Å²) in [7, 11) is 3.30. The van der Waals surface area contributed by atoms with Crippen molar-refractivity contribution in [3.63, 3.8) is 0 Å². The SMILES string of the molecule is COCCOC.Fc1c(F)c(F)c([B-](c2c(F)c(F)c(F)c(F)c2F)(c2c(F)c(F)c(F)c(F)c2F)c2c(F)c(F)c(F)c(F)c2F)c(F)c1F.[H-].[Na+]. The van der Waals surface area contributed by atoms with Crippen molar-refractivity contribution in [1.29, 1.82) is 0 Å². The van der Waals surface area contributed by atoms with E-state index in [9.17, 15) is 52.7 Å². The molecule has 4 rings (SSSR count). The molecule has 0 amide bonds.